The van der Waals surface area contributed by atoms with E-state index < -0.39 is 0 Å². The molecular weight excluding hydrogens is 432 g/mol. The summed E-state index contributed by atoms with van der Waals surface area (Å²) >= 11 is 3.41. The molecule has 6 heteroatoms. The van der Waals surface area contributed by atoms with E-state index in [4.69, 9.17) is 4.42 Å². The van der Waals surface area contributed by atoms with Gasteiger partial charge in [-0.3, -0.25) is 9.59 Å². The van der Waals surface area contributed by atoms with Crippen LogP contribution in [-0.2, 0) is 28.9 Å². The molecule has 0 bridgehead atoms. The second kappa shape index (κ2) is 8.03. The second-order valence-corrected chi connectivity index (χ2v) is 8.58. The van der Waals surface area contributed by atoms with Crippen molar-refractivity contribution in [3.8, 4) is 0 Å². The summed E-state index contributed by atoms with van der Waals surface area (Å²) in [5.41, 5.74) is 6.11. The lowest BCUT2D eigenvalue weighted by Crippen LogP contribution is -2.35. The molecule has 1 N–H and O–H groups in total. The van der Waals surface area contributed by atoms with Crippen molar-refractivity contribution in [2.24, 2.45) is 0 Å². The minimum absolute atomic E-state index is 0.000477. The molecule has 0 saturated heterocycles. The maximum atomic E-state index is 12.7. The Morgan fingerprint density at radius 2 is 1.93 bits per heavy atom. The first kappa shape index (κ1) is 19.7. The van der Waals surface area contributed by atoms with Crippen LogP contribution in [0.4, 0.5) is 5.69 Å². The normalized spacial score (nSPS) is 12.8. The molecule has 1 aliphatic rings. The highest BCUT2D eigenvalue weighted by molar-refractivity contribution is 9.10. The number of fused-ring (bicyclic) bond motifs is 2. The van der Waals surface area contributed by atoms with Crippen molar-refractivity contribution in [2.75, 3.05) is 18.9 Å². The van der Waals surface area contributed by atoms with Crippen LogP contribution < -0.4 is 5.32 Å². The van der Waals surface area contributed by atoms with Gasteiger partial charge in [-0.2, -0.15) is 0 Å². The van der Waals surface area contributed by atoms with E-state index in [2.05, 4.69) is 33.4 Å². The van der Waals surface area contributed by atoms with Gasteiger partial charge in [-0.1, -0.05) is 15.9 Å². The Morgan fingerprint density at radius 1 is 1.17 bits per heavy atom. The number of likely N-dealkylation sites (N-methyl/N-ethyl adjacent to an activating group) is 1. The number of furan rings is 1. The number of carbonyl (C=O) groups is 2. The topological polar surface area (TPSA) is 62.6 Å². The van der Waals surface area contributed by atoms with Crippen LogP contribution in [0.2, 0.25) is 0 Å². The molecule has 5 nitrogen and oxygen atoms in total. The first-order chi connectivity index (χ1) is 13.9. The summed E-state index contributed by atoms with van der Waals surface area (Å²) < 4.78 is 6.64. The van der Waals surface area contributed by atoms with Gasteiger partial charge < -0.3 is 14.6 Å². The molecule has 4 rings (SSSR count). The van der Waals surface area contributed by atoms with Gasteiger partial charge >= 0.3 is 0 Å². The zero-order valence-corrected chi connectivity index (χ0v) is 18.1. The van der Waals surface area contributed by atoms with Crippen LogP contribution in [0.1, 0.15) is 28.7 Å². The Morgan fingerprint density at radius 3 is 2.69 bits per heavy atom. The molecular formula is C23H23BrN2O3. The van der Waals surface area contributed by atoms with Gasteiger partial charge in [-0.05, 0) is 73.2 Å². The lowest BCUT2D eigenvalue weighted by molar-refractivity contribution is -0.132. The summed E-state index contributed by atoms with van der Waals surface area (Å²) in [4.78, 5) is 26.5. The number of hydrogen-bond acceptors (Lipinski definition) is 3. The quantitative estimate of drug-likeness (QED) is 0.610. The fraction of sp³-hybridized carbons (Fsp3) is 0.304. The Bertz CT molecular complexity index is 1100. The predicted molar refractivity (Wildman–Crippen MR) is 117 cm³/mol. The van der Waals surface area contributed by atoms with Gasteiger partial charge in [0, 0.05) is 28.2 Å². The summed E-state index contributed by atoms with van der Waals surface area (Å²) in [5, 5.41) is 3.87. The van der Waals surface area contributed by atoms with Crippen LogP contribution in [0.15, 0.2) is 45.5 Å². The highest BCUT2D eigenvalue weighted by Crippen LogP contribution is 2.30. The SMILES string of the molecule is Cc1cc(Br)ccc1NC(=O)CN(C)C(=O)Cc1coc2cc3c(cc12)CCC3. The number of benzene rings is 2. The zero-order valence-electron chi connectivity index (χ0n) is 16.5. The fourth-order valence-corrected chi connectivity index (χ4v) is 4.32. The fourth-order valence-electron chi connectivity index (χ4n) is 3.84. The van der Waals surface area contributed by atoms with Gasteiger partial charge in [0.25, 0.3) is 0 Å². The van der Waals surface area contributed by atoms with Gasteiger partial charge in [0.2, 0.25) is 11.8 Å². The van der Waals surface area contributed by atoms with Crippen LogP contribution in [0.3, 0.4) is 0 Å². The number of rotatable bonds is 5. The maximum Gasteiger partial charge on any atom is 0.243 e. The lowest BCUT2D eigenvalue weighted by Gasteiger charge is -2.17. The smallest absolute Gasteiger partial charge is 0.243 e. The van der Waals surface area contributed by atoms with Crippen LogP contribution >= 0.6 is 15.9 Å². The van der Waals surface area contributed by atoms with Crippen molar-refractivity contribution in [2.45, 2.75) is 32.6 Å². The Kier molecular flexibility index (Phi) is 5.46. The Balaban J connectivity index is 1.40. The Hall–Kier alpha value is -2.60. The largest absolute Gasteiger partial charge is 0.464 e. The summed E-state index contributed by atoms with van der Waals surface area (Å²) in [7, 11) is 1.65. The molecule has 150 valence electrons. The average Bonchev–Trinajstić information content (AvgIpc) is 3.28. The van der Waals surface area contributed by atoms with E-state index in [-0.39, 0.29) is 24.8 Å². The standard InChI is InChI=1S/C23H23BrN2O3/c1-14-8-18(24)6-7-20(14)25-22(27)12-26(2)23(28)11-17-13-29-21-10-16-5-3-4-15(16)9-19(17)21/h6-10,13H,3-5,11-12H2,1-2H3,(H,25,27). The number of anilines is 1. The monoisotopic (exact) mass is 454 g/mol. The van der Waals surface area contributed by atoms with Crippen molar-refractivity contribution >= 4 is 44.4 Å². The first-order valence-electron chi connectivity index (χ1n) is 9.72. The van der Waals surface area contributed by atoms with E-state index in [0.717, 1.165) is 45.1 Å². The molecule has 0 atom stereocenters. The predicted octanol–water partition coefficient (Wildman–Crippen LogP) is 4.63. The number of hydrogen-bond donors (Lipinski definition) is 1. The molecule has 2 aromatic carbocycles. The average molecular weight is 455 g/mol. The van der Waals surface area contributed by atoms with E-state index in [1.54, 1.807) is 13.3 Å². The minimum atomic E-state index is -0.221. The highest BCUT2D eigenvalue weighted by Gasteiger charge is 2.19. The van der Waals surface area contributed by atoms with E-state index in [1.165, 1.54) is 22.4 Å². The molecule has 0 saturated carbocycles. The molecule has 3 aromatic rings. The number of carbonyl (C=O) groups excluding carboxylic acids is 2. The van der Waals surface area contributed by atoms with Crippen molar-refractivity contribution < 1.29 is 14.0 Å². The molecule has 0 radical (unpaired) electrons. The summed E-state index contributed by atoms with van der Waals surface area (Å²) in [5.74, 6) is -0.336. The number of nitrogens with zero attached hydrogens (tertiary/aromatic N) is 1. The summed E-state index contributed by atoms with van der Waals surface area (Å²) in [6.07, 6.45) is 5.23. The van der Waals surface area contributed by atoms with Gasteiger partial charge in [-0.15, -0.1) is 0 Å². The number of amides is 2. The molecule has 0 aliphatic heterocycles. The van der Waals surface area contributed by atoms with Gasteiger partial charge in [0.05, 0.1) is 19.2 Å². The molecule has 0 unspecified atom stereocenters. The molecule has 2 amide bonds. The second-order valence-electron chi connectivity index (χ2n) is 7.67. The van der Waals surface area contributed by atoms with E-state index >= 15 is 0 Å². The number of nitrogens with one attached hydrogen (secondary N) is 1. The lowest BCUT2D eigenvalue weighted by atomic mass is 10.0. The molecule has 0 spiro atoms. The highest BCUT2D eigenvalue weighted by atomic mass is 79.9. The van der Waals surface area contributed by atoms with Crippen LogP contribution in [0.25, 0.3) is 11.0 Å². The van der Waals surface area contributed by atoms with Gasteiger partial charge in [0.15, 0.2) is 0 Å². The van der Waals surface area contributed by atoms with Crippen molar-refractivity contribution in [1.29, 1.82) is 0 Å². The Labute approximate surface area is 178 Å². The number of halogens is 1. The van der Waals surface area contributed by atoms with Crippen molar-refractivity contribution in [3.63, 3.8) is 0 Å². The third kappa shape index (κ3) is 4.22. The van der Waals surface area contributed by atoms with Crippen LogP contribution in [0.5, 0.6) is 0 Å². The molecule has 1 heterocycles. The number of aryl methyl sites for hydroxylation is 3. The van der Waals surface area contributed by atoms with E-state index in [0.29, 0.717) is 0 Å². The van der Waals surface area contributed by atoms with E-state index in [1.807, 2.05) is 25.1 Å². The summed E-state index contributed by atoms with van der Waals surface area (Å²) in [6.45, 7) is 1.93. The molecule has 0 fully saturated rings. The van der Waals surface area contributed by atoms with Crippen molar-refractivity contribution in [1.82, 2.24) is 4.90 Å². The van der Waals surface area contributed by atoms with Gasteiger partial charge in [0.1, 0.15) is 5.58 Å². The van der Waals surface area contributed by atoms with Crippen LogP contribution in [-0.4, -0.2) is 30.3 Å². The zero-order chi connectivity index (χ0) is 20.5. The van der Waals surface area contributed by atoms with Gasteiger partial charge in [-0.25, -0.2) is 0 Å². The van der Waals surface area contributed by atoms with E-state index in [9.17, 15) is 9.59 Å². The maximum absolute atomic E-state index is 12.7. The third-order valence-electron chi connectivity index (χ3n) is 5.48. The minimum Gasteiger partial charge on any atom is -0.464 e. The summed E-state index contributed by atoms with van der Waals surface area (Å²) in [6, 6.07) is 9.91. The third-order valence-corrected chi connectivity index (χ3v) is 5.97. The van der Waals surface area contributed by atoms with Crippen LogP contribution in [0, 0.1) is 6.92 Å². The van der Waals surface area contributed by atoms with Crippen molar-refractivity contribution in [3.05, 3.63) is 63.3 Å². The molecule has 1 aromatic heterocycles. The molecule has 29 heavy (non-hydrogen) atoms. The molecule has 1 aliphatic carbocycles. The first-order valence-corrected chi connectivity index (χ1v) is 10.5.